The van der Waals surface area contributed by atoms with Gasteiger partial charge in [0.2, 0.25) is 0 Å². The van der Waals surface area contributed by atoms with Crippen molar-refractivity contribution in [1.82, 2.24) is 5.32 Å². The van der Waals surface area contributed by atoms with Crippen molar-refractivity contribution in [2.45, 2.75) is 19.4 Å². The molecule has 5 heteroatoms. The van der Waals surface area contributed by atoms with E-state index in [2.05, 4.69) is 29.3 Å². The lowest BCUT2D eigenvalue weighted by Gasteiger charge is -2.28. The van der Waals surface area contributed by atoms with Crippen molar-refractivity contribution in [2.24, 2.45) is 0 Å². The maximum absolute atomic E-state index is 11.6. The van der Waals surface area contributed by atoms with Crippen LogP contribution in [0.15, 0.2) is 30.3 Å². The first kappa shape index (κ1) is 14.3. The molecule has 0 amide bonds. The van der Waals surface area contributed by atoms with E-state index in [-0.39, 0.29) is 17.5 Å². The van der Waals surface area contributed by atoms with Crippen LogP contribution in [-0.4, -0.2) is 45.6 Å². The molecule has 0 bridgehead atoms. The molecule has 0 saturated carbocycles. The fourth-order valence-corrected chi connectivity index (χ4v) is 3.97. The molecule has 1 heterocycles. The molecule has 1 unspecified atom stereocenters. The first-order valence-corrected chi connectivity index (χ1v) is 8.66. The van der Waals surface area contributed by atoms with E-state index in [0.29, 0.717) is 6.54 Å². The smallest absolute Gasteiger partial charge is 0.153 e. The van der Waals surface area contributed by atoms with Crippen molar-refractivity contribution in [3.8, 4) is 0 Å². The van der Waals surface area contributed by atoms with Gasteiger partial charge in [-0.3, -0.25) is 0 Å². The highest BCUT2D eigenvalue weighted by atomic mass is 32.2. The van der Waals surface area contributed by atoms with Gasteiger partial charge in [-0.2, -0.15) is 0 Å². The Hall–Kier alpha value is -1.07. The third kappa shape index (κ3) is 4.21. The second-order valence-electron chi connectivity index (χ2n) is 4.97. The van der Waals surface area contributed by atoms with Crippen LogP contribution in [0.3, 0.4) is 0 Å². The number of rotatable bonds is 5. The summed E-state index contributed by atoms with van der Waals surface area (Å²) in [5.41, 5.74) is 1.20. The Morgan fingerprint density at radius 2 is 2.05 bits per heavy atom. The van der Waals surface area contributed by atoms with Gasteiger partial charge in [-0.1, -0.05) is 18.2 Å². The molecule has 1 aliphatic heterocycles. The average molecular weight is 282 g/mol. The van der Waals surface area contributed by atoms with Crippen LogP contribution in [0.2, 0.25) is 0 Å². The minimum Gasteiger partial charge on any atom is -0.372 e. The highest BCUT2D eigenvalue weighted by molar-refractivity contribution is 7.91. The number of anilines is 1. The molecule has 0 radical (unpaired) electrons. The molecule has 1 N–H and O–H groups in total. The molecule has 1 fully saturated rings. The number of sulfone groups is 1. The highest BCUT2D eigenvalue weighted by Gasteiger charge is 2.24. The van der Waals surface area contributed by atoms with Crippen LogP contribution >= 0.6 is 0 Å². The van der Waals surface area contributed by atoms with Gasteiger partial charge >= 0.3 is 0 Å². The number of hydrogen-bond acceptors (Lipinski definition) is 4. The summed E-state index contributed by atoms with van der Waals surface area (Å²) in [5, 5.41) is 3.30. The third-order valence-corrected chi connectivity index (χ3v) is 5.29. The van der Waals surface area contributed by atoms with Crippen LogP contribution in [0.4, 0.5) is 5.69 Å². The molecule has 2 rings (SSSR count). The van der Waals surface area contributed by atoms with E-state index in [0.717, 1.165) is 19.5 Å². The lowest BCUT2D eigenvalue weighted by Crippen LogP contribution is -2.46. The Kier molecular flexibility index (Phi) is 4.82. The van der Waals surface area contributed by atoms with E-state index in [1.807, 2.05) is 18.2 Å². The summed E-state index contributed by atoms with van der Waals surface area (Å²) in [5.74, 6) is 0.555. The molecular formula is C14H22N2O2S. The summed E-state index contributed by atoms with van der Waals surface area (Å²) in [4.78, 5) is 2.28. The lowest BCUT2D eigenvalue weighted by atomic mass is 10.2. The zero-order chi connectivity index (χ0) is 13.7. The predicted molar refractivity (Wildman–Crippen MR) is 79.4 cm³/mol. The summed E-state index contributed by atoms with van der Waals surface area (Å²) in [7, 11) is -2.83. The molecule has 0 aromatic heterocycles. The molecule has 1 aliphatic rings. The standard InChI is InChI=1S/C14H22N2O2S/c1-2-16(14-6-4-3-5-7-14)10-8-13-12-19(17,18)11-9-15-13/h3-7,13,15H,2,8-12H2,1H3. The Balaban J connectivity index is 1.90. The lowest BCUT2D eigenvalue weighted by molar-refractivity contribution is 0.493. The summed E-state index contributed by atoms with van der Waals surface area (Å²) in [6, 6.07) is 10.3. The summed E-state index contributed by atoms with van der Waals surface area (Å²) < 4.78 is 23.2. The summed E-state index contributed by atoms with van der Waals surface area (Å²) in [6.45, 7) is 4.53. The summed E-state index contributed by atoms with van der Waals surface area (Å²) in [6.07, 6.45) is 0.863. The van der Waals surface area contributed by atoms with Crippen molar-refractivity contribution in [2.75, 3.05) is 36.0 Å². The summed E-state index contributed by atoms with van der Waals surface area (Å²) >= 11 is 0. The topological polar surface area (TPSA) is 49.4 Å². The number of hydrogen-bond donors (Lipinski definition) is 1. The Morgan fingerprint density at radius 3 is 2.68 bits per heavy atom. The van der Waals surface area contributed by atoms with Gasteiger partial charge in [0, 0.05) is 31.4 Å². The molecule has 1 atom stereocenters. The van der Waals surface area contributed by atoms with E-state index in [9.17, 15) is 8.42 Å². The van der Waals surface area contributed by atoms with E-state index >= 15 is 0 Å². The number of nitrogens with one attached hydrogen (secondary N) is 1. The first-order chi connectivity index (χ1) is 9.11. The van der Waals surface area contributed by atoms with Crippen LogP contribution in [0.1, 0.15) is 13.3 Å². The largest absolute Gasteiger partial charge is 0.372 e. The molecule has 4 nitrogen and oxygen atoms in total. The van der Waals surface area contributed by atoms with E-state index < -0.39 is 9.84 Å². The monoisotopic (exact) mass is 282 g/mol. The first-order valence-electron chi connectivity index (χ1n) is 6.84. The van der Waals surface area contributed by atoms with Gasteiger partial charge in [0.05, 0.1) is 11.5 Å². The van der Waals surface area contributed by atoms with E-state index in [1.54, 1.807) is 0 Å². The predicted octanol–water partition coefficient (Wildman–Crippen LogP) is 1.29. The number of nitrogens with zero attached hydrogens (tertiary/aromatic N) is 1. The van der Waals surface area contributed by atoms with Gasteiger partial charge in [0.25, 0.3) is 0 Å². The molecule has 0 aliphatic carbocycles. The molecule has 0 spiro atoms. The Morgan fingerprint density at radius 1 is 1.32 bits per heavy atom. The van der Waals surface area contributed by atoms with Crippen LogP contribution in [0, 0.1) is 0 Å². The van der Waals surface area contributed by atoms with Crippen molar-refractivity contribution >= 4 is 15.5 Å². The van der Waals surface area contributed by atoms with Crippen LogP contribution in [0.5, 0.6) is 0 Å². The maximum atomic E-state index is 11.6. The van der Waals surface area contributed by atoms with Crippen molar-refractivity contribution < 1.29 is 8.42 Å². The van der Waals surface area contributed by atoms with Crippen LogP contribution < -0.4 is 10.2 Å². The molecular weight excluding hydrogens is 260 g/mol. The van der Waals surface area contributed by atoms with Crippen molar-refractivity contribution in [1.29, 1.82) is 0 Å². The minimum atomic E-state index is -2.83. The fraction of sp³-hybridized carbons (Fsp3) is 0.571. The SMILES string of the molecule is CCN(CCC1CS(=O)(=O)CCN1)c1ccccc1. The zero-order valence-electron chi connectivity index (χ0n) is 11.4. The normalized spacial score (nSPS) is 22.1. The van der Waals surface area contributed by atoms with Gasteiger partial charge in [0.15, 0.2) is 9.84 Å². The van der Waals surface area contributed by atoms with E-state index in [4.69, 9.17) is 0 Å². The second-order valence-corrected chi connectivity index (χ2v) is 7.20. The zero-order valence-corrected chi connectivity index (χ0v) is 12.2. The van der Waals surface area contributed by atoms with Crippen LogP contribution in [-0.2, 0) is 9.84 Å². The van der Waals surface area contributed by atoms with Crippen LogP contribution in [0.25, 0.3) is 0 Å². The van der Waals surface area contributed by atoms with E-state index in [1.165, 1.54) is 5.69 Å². The quantitative estimate of drug-likeness (QED) is 0.884. The third-order valence-electron chi connectivity index (χ3n) is 3.55. The maximum Gasteiger partial charge on any atom is 0.153 e. The molecule has 106 valence electrons. The second kappa shape index (κ2) is 6.39. The fourth-order valence-electron chi connectivity index (χ4n) is 2.47. The number of benzene rings is 1. The van der Waals surface area contributed by atoms with Gasteiger partial charge in [0.1, 0.15) is 0 Å². The van der Waals surface area contributed by atoms with Gasteiger partial charge < -0.3 is 10.2 Å². The molecule has 1 aromatic carbocycles. The number of para-hydroxylation sites is 1. The molecule has 19 heavy (non-hydrogen) atoms. The molecule has 1 aromatic rings. The Bertz CT molecular complexity index is 487. The minimum absolute atomic E-state index is 0.0940. The van der Waals surface area contributed by atoms with Gasteiger partial charge in [-0.05, 0) is 25.5 Å². The molecule has 1 saturated heterocycles. The van der Waals surface area contributed by atoms with Crippen molar-refractivity contribution in [3.63, 3.8) is 0 Å². The van der Waals surface area contributed by atoms with Gasteiger partial charge in [-0.25, -0.2) is 8.42 Å². The Labute approximate surface area is 115 Å². The average Bonchev–Trinajstić information content (AvgIpc) is 2.39. The van der Waals surface area contributed by atoms with Crippen molar-refractivity contribution in [3.05, 3.63) is 30.3 Å². The van der Waals surface area contributed by atoms with Gasteiger partial charge in [-0.15, -0.1) is 0 Å². The highest BCUT2D eigenvalue weighted by Crippen LogP contribution is 2.14.